The number of aromatic nitrogens is 1. The highest BCUT2D eigenvalue weighted by atomic mass is 35.5. The van der Waals surface area contributed by atoms with Crippen molar-refractivity contribution in [1.29, 1.82) is 0 Å². The summed E-state index contributed by atoms with van der Waals surface area (Å²) in [7, 11) is 0. The lowest BCUT2D eigenvalue weighted by molar-refractivity contribution is 0.0905. The molecule has 112 valence electrons. The van der Waals surface area contributed by atoms with Gasteiger partial charge < -0.3 is 15.0 Å². The van der Waals surface area contributed by atoms with Crippen LogP contribution in [-0.4, -0.2) is 22.2 Å². The van der Waals surface area contributed by atoms with Crippen molar-refractivity contribution in [2.75, 3.05) is 6.61 Å². The maximum absolute atomic E-state index is 12.4. The molecule has 1 heterocycles. The fourth-order valence-electron chi connectivity index (χ4n) is 2.21. The lowest BCUT2D eigenvalue weighted by Gasteiger charge is -2.18. The van der Waals surface area contributed by atoms with Crippen molar-refractivity contribution in [3.8, 4) is 0 Å². The number of hydrogen-bond acceptors (Lipinski definition) is 2. The van der Waals surface area contributed by atoms with Gasteiger partial charge in [0, 0.05) is 12.2 Å². The van der Waals surface area contributed by atoms with Crippen molar-refractivity contribution in [2.45, 2.75) is 25.9 Å². The average molecular weight is 307 g/mol. The minimum atomic E-state index is -0.437. The first-order valence-corrected chi connectivity index (χ1v) is 7.24. The standard InChI is InChI=1S/C16H19ClN2O2/c1-11(2)19-9-13(17)8-15(19)16(21)18-14(10-20)12-6-4-3-5-7-12/h3-9,11,14,20H,10H2,1-2H3,(H,18,21)/t14-/m1/s1. The maximum Gasteiger partial charge on any atom is 0.268 e. The van der Waals surface area contributed by atoms with Crippen molar-refractivity contribution >= 4 is 17.5 Å². The number of amides is 1. The van der Waals surface area contributed by atoms with Gasteiger partial charge in [-0.15, -0.1) is 0 Å². The van der Waals surface area contributed by atoms with Gasteiger partial charge in [-0.25, -0.2) is 0 Å². The Kier molecular flexibility index (Phi) is 5.04. The Labute approximate surface area is 129 Å². The predicted molar refractivity (Wildman–Crippen MR) is 83.6 cm³/mol. The minimum absolute atomic E-state index is 0.127. The van der Waals surface area contributed by atoms with Gasteiger partial charge in [-0.3, -0.25) is 4.79 Å². The van der Waals surface area contributed by atoms with Crippen molar-refractivity contribution in [3.05, 3.63) is 58.9 Å². The van der Waals surface area contributed by atoms with Gasteiger partial charge in [-0.2, -0.15) is 0 Å². The fraction of sp³-hybridized carbons (Fsp3) is 0.312. The van der Waals surface area contributed by atoms with Crippen LogP contribution in [-0.2, 0) is 0 Å². The topological polar surface area (TPSA) is 54.3 Å². The zero-order chi connectivity index (χ0) is 15.4. The molecule has 1 aromatic heterocycles. The molecule has 0 saturated heterocycles. The normalized spacial score (nSPS) is 12.4. The van der Waals surface area contributed by atoms with Crippen LogP contribution in [0.4, 0.5) is 0 Å². The van der Waals surface area contributed by atoms with Gasteiger partial charge in [-0.05, 0) is 25.5 Å². The number of carbonyl (C=O) groups is 1. The summed E-state index contributed by atoms with van der Waals surface area (Å²) in [6.45, 7) is 3.80. The Morgan fingerprint density at radius 1 is 1.33 bits per heavy atom. The van der Waals surface area contributed by atoms with Gasteiger partial charge >= 0.3 is 0 Å². The molecular formula is C16H19ClN2O2. The van der Waals surface area contributed by atoms with Gasteiger partial charge in [0.25, 0.3) is 5.91 Å². The Hall–Kier alpha value is -1.78. The molecule has 2 N–H and O–H groups in total. The number of rotatable bonds is 5. The second-order valence-electron chi connectivity index (χ2n) is 5.16. The lowest BCUT2D eigenvalue weighted by Crippen LogP contribution is -2.32. The summed E-state index contributed by atoms with van der Waals surface area (Å²) < 4.78 is 1.82. The van der Waals surface area contributed by atoms with Crippen molar-refractivity contribution in [2.24, 2.45) is 0 Å². The van der Waals surface area contributed by atoms with Crippen LogP contribution >= 0.6 is 11.6 Å². The summed E-state index contributed by atoms with van der Waals surface area (Å²) in [5, 5.41) is 12.9. The SMILES string of the molecule is CC(C)n1cc(Cl)cc1C(=O)N[C@H](CO)c1ccccc1. The molecule has 0 saturated carbocycles. The summed E-state index contributed by atoms with van der Waals surface area (Å²) in [5.41, 5.74) is 1.35. The van der Waals surface area contributed by atoms with Crippen molar-refractivity contribution < 1.29 is 9.90 Å². The van der Waals surface area contributed by atoms with E-state index in [2.05, 4.69) is 5.32 Å². The monoisotopic (exact) mass is 306 g/mol. The van der Waals surface area contributed by atoms with Gasteiger partial charge in [0.1, 0.15) is 5.69 Å². The van der Waals surface area contributed by atoms with Crippen molar-refractivity contribution in [1.82, 2.24) is 9.88 Å². The largest absolute Gasteiger partial charge is 0.394 e. The number of hydrogen-bond donors (Lipinski definition) is 2. The number of nitrogens with zero attached hydrogens (tertiary/aromatic N) is 1. The first-order valence-electron chi connectivity index (χ1n) is 6.87. The molecule has 0 spiro atoms. The van der Waals surface area contributed by atoms with Crippen LogP contribution in [0.3, 0.4) is 0 Å². The number of aliphatic hydroxyl groups is 1. The van der Waals surface area contributed by atoms with E-state index in [1.54, 1.807) is 12.3 Å². The Bertz CT molecular complexity index is 608. The third-order valence-electron chi connectivity index (χ3n) is 3.29. The second-order valence-corrected chi connectivity index (χ2v) is 5.60. The Balaban J connectivity index is 2.21. The molecule has 0 unspecified atom stereocenters. The second kappa shape index (κ2) is 6.78. The highest BCUT2D eigenvalue weighted by Gasteiger charge is 2.19. The lowest BCUT2D eigenvalue weighted by atomic mass is 10.1. The van der Waals surface area contributed by atoms with Crippen LogP contribution in [0.2, 0.25) is 5.02 Å². The van der Waals surface area contributed by atoms with Crippen LogP contribution in [0.1, 0.15) is 42.0 Å². The van der Waals surface area contributed by atoms with E-state index in [4.69, 9.17) is 11.6 Å². The smallest absolute Gasteiger partial charge is 0.268 e. The number of carbonyl (C=O) groups excluding carboxylic acids is 1. The fourth-order valence-corrected chi connectivity index (χ4v) is 2.42. The molecule has 0 aliphatic rings. The molecule has 2 aromatic rings. The maximum atomic E-state index is 12.4. The number of aliphatic hydroxyl groups excluding tert-OH is 1. The van der Waals surface area contributed by atoms with Gasteiger partial charge in [0.2, 0.25) is 0 Å². The summed E-state index contributed by atoms with van der Waals surface area (Å²) in [4.78, 5) is 12.4. The highest BCUT2D eigenvalue weighted by molar-refractivity contribution is 6.31. The van der Waals surface area contributed by atoms with Crippen LogP contribution in [0, 0.1) is 0 Å². The molecule has 4 nitrogen and oxygen atoms in total. The molecule has 1 amide bonds. The predicted octanol–water partition coefficient (Wildman–Crippen LogP) is 3.19. The molecule has 1 aromatic carbocycles. The minimum Gasteiger partial charge on any atom is -0.394 e. The first kappa shape index (κ1) is 15.6. The van der Waals surface area contributed by atoms with E-state index in [0.717, 1.165) is 5.56 Å². The number of halogens is 1. The average Bonchev–Trinajstić information content (AvgIpc) is 2.88. The number of benzene rings is 1. The summed E-state index contributed by atoms with van der Waals surface area (Å²) in [6.07, 6.45) is 1.73. The summed E-state index contributed by atoms with van der Waals surface area (Å²) in [5.74, 6) is -0.251. The molecule has 1 atom stereocenters. The molecule has 0 aliphatic heterocycles. The van der Waals surface area contributed by atoms with E-state index in [1.807, 2.05) is 48.7 Å². The molecular weight excluding hydrogens is 288 g/mol. The molecule has 0 bridgehead atoms. The summed E-state index contributed by atoms with van der Waals surface area (Å²) in [6, 6.07) is 10.7. The molecule has 0 fully saturated rings. The highest BCUT2D eigenvalue weighted by Crippen LogP contribution is 2.20. The molecule has 0 aliphatic carbocycles. The van der Waals surface area contributed by atoms with Gasteiger partial charge in [-0.1, -0.05) is 41.9 Å². The summed E-state index contributed by atoms with van der Waals surface area (Å²) >= 11 is 5.99. The van der Waals surface area contributed by atoms with Gasteiger partial charge in [0.15, 0.2) is 0 Å². The molecule has 5 heteroatoms. The zero-order valence-electron chi connectivity index (χ0n) is 12.1. The van der Waals surface area contributed by atoms with Gasteiger partial charge in [0.05, 0.1) is 17.7 Å². The van der Waals surface area contributed by atoms with E-state index >= 15 is 0 Å². The van der Waals surface area contributed by atoms with E-state index < -0.39 is 6.04 Å². The Morgan fingerprint density at radius 3 is 2.57 bits per heavy atom. The van der Waals surface area contributed by atoms with Crippen molar-refractivity contribution in [3.63, 3.8) is 0 Å². The van der Waals surface area contributed by atoms with Crippen LogP contribution in [0.25, 0.3) is 0 Å². The van der Waals surface area contributed by atoms with E-state index in [9.17, 15) is 9.90 Å². The van der Waals surface area contributed by atoms with Crippen LogP contribution in [0.15, 0.2) is 42.6 Å². The number of nitrogens with one attached hydrogen (secondary N) is 1. The Morgan fingerprint density at radius 2 is 2.00 bits per heavy atom. The molecule has 2 rings (SSSR count). The quantitative estimate of drug-likeness (QED) is 0.891. The zero-order valence-corrected chi connectivity index (χ0v) is 12.8. The van der Waals surface area contributed by atoms with Crippen LogP contribution < -0.4 is 5.32 Å². The van der Waals surface area contributed by atoms with E-state index in [1.165, 1.54) is 0 Å². The third kappa shape index (κ3) is 3.65. The van der Waals surface area contributed by atoms with E-state index in [0.29, 0.717) is 10.7 Å². The molecule has 21 heavy (non-hydrogen) atoms. The third-order valence-corrected chi connectivity index (χ3v) is 3.50. The molecule has 0 radical (unpaired) electrons. The van der Waals surface area contributed by atoms with Crippen LogP contribution in [0.5, 0.6) is 0 Å². The first-order chi connectivity index (χ1) is 10.0. The van der Waals surface area contributed by atoms with E-state index in [-0.39, 0.29) is 18.6 Å².